The van der Waals surface area contributed by atoms with Crippen LogP contribution in [0.2, 0.25) is 0 Å². The van der Waals surface area contributed by atoms with Crippen LogP contribution in [0.25, 0.3) is 0 Å². The zero-order chi connectivity index (χ0) is 17.6. The number of rotatable bonds is 6. The molecule has 0 spiro atoms. The molecule has 0 bridgehead atoms. The Morgan fingerprint density at radius 2 is 1.96 bits per heavy atom. The van der Waals surface area contributed by atoms with E-state index in [9.17, 15) is 9.59 Å². The van der Waals surface area contributed by atoms with Gasteiger partial charge in [-0.15, -0.1) is 0 Å². The smallest absolute Gasteiger partial charge is 0.326 e. The van der Waals surface area contributed by atoms with Gasteiger partial charge < -0.3 is 10.1 Å². The highest BCUT2D eigenvalue weighted by Gasteiger charge is 2.17. The minimum Gasteiger partial charge on any atom is -0.459 e. The third kappa shape index (κ3) is 5.53. The number of esters is 1. The second kappa shape index (κ2) is 7.77. The van der Waals surface area contributed by atoms with Gasteiger partial charge in [-0.1, -0.05) is 30.3 Å². The van der Waals surface area contributed by atoms with Crippen molar-refractivity contribution in [2.75, 3.05) is 11.9 Å². The first-order valence-corrected chi connectivity index (χ1v) is 7.90. The first-order valence-electron chi connectivity index (χ1n) is 7.90. The number of benzene rings is 1. The molecule has 1 aromatic heterocycles. The Labute approximate surface area is 141 Å². The molecular weight excluding hydrogens is 306 g/mol. The topological polar surface area (TPSA) is 73.2 Å². The van der Waals surface area contributed by atoms with Crippen LogP contribution in [0.3, 0.4) is 0 Å². The highest BCUT2D eigenvalue weighted by Crippen LogP contribution is 2.07. The van der Waals surface area contributed by atoms with Crippen molar-refractivity contribution in [2.45, 2.75) is 39.3 Å². The van der Waals surface area contributed by atoms with Gasteiger partial charge in [-0.2, -0.15) is 0 Å². The molecule has 1 N–H and O–H groups in total. The molecule has 2 aromatic rings. The summed E-state index contributed by atoms with van der Waals surface area (Å²) in [6.07, 6.45) is 3.76. The molecule has 0 aliphatic carbocycles. The first-order chi connectivity index (χ1) is 11.3. The summed E-state index contributed by atoms with van der Waals surface area (Å²) in [5.74, 6) is -0.219. The molecule has 24 heavy (non-hydrogen) atoms. The van der Waals surface area contributed by atoms with Gasteiger partial charge in [0.1, 0.15) is 12.1 Å². The van der Waals surface area contributed by atoms with Gasteiger partial charge in [0.05, 0.1) is 0 Å². The molecule has 1 heterocycles. The Morgan fingerprint density at radius 1 is 1.25 bits per heavy atom. The van der Waals surface area contributed by atoms with Crippen LogP contribution in [0.15, 0.2) is 47.5 Å². The van der Waals surface area contributed by atoms with Crippen LogP contribution < -0.4 is 10.9 Å². The molecule has 6 nitrogen and oxygen atoms in total. The van der Waals surface area contributed by atoms with Gasteiger partial charge >= 0.3 is 5.97 Å². The van der Waals surface area contributed by atoms with Gasteiger partial charge in [-0.25, -0.2) is 4.98 Å². The van der Waals surface area contributed by atoms with Crippen LogP contribution in [0.5, 0.6) is 0 Å². The van der Waals surface area contributed by atoms with Crippen LogP contribution in [0.4, 0.5) is 5.82 Å². The molecule has 0 aliphatic heterocycles. The molecule has 2 rings (SSSR count). The fraction of sp³-hybridized carbons (Fsp3) is 0.389. The number of hydrogen-bond donors (Lipinski definition) is 1. The van der Waals surface area contributed by atoms with E-state index in [1.165, 1.54) is 22.5 Å². The average molecular weight is 329 g/mol. The SMILES string of the molecule is CC(C)(C)OC(=O)Cn1ccnc(NCCc2ccccc2)c1=O. The normalized spacial score (nSPS) is 11.1. The number of nitrogens with one attached hydrogen (secondary N) is 1. The van der Waals surface area contributed by atoms with E-state index < -0.39 is 11.6 Å². The van der Waals surface area contributed by atoms with E-state index in [0.29, 0.717) is 6.54 Å². The summed E-state index contributed by atoms with van der Waals surface area (Å²) in [6, 6.07) is 9.97. The lowest BCUT2D eigenvalue weighted by molar-refractivity contribution is -0.155. The second-order valence-electron chi connectivity index (χ2n) is 6.46. The summed E-state index contributed by atoms with van der Waals surface area (Å²) in [4.78, 5) is 28.3. The molecule has 0 atom stereocenters. The van der Waals surface area contributed by atoms with Crippen molar-refractivity contribution in [3.63, 3.8) is 0 Å². The van der Waals surface area contributed by atoms with Crippen molar-refractivity contribution >= 4 is 11.8 Å². The predicted molar refractivity (Wildman–Crippen MR) is 93.0 cm³/mol. The Balaban J connectivity index is 1.97. The average Bonchev–Trinajstić information content (AvgIpc) is 2.50. The number of aromatic nitrogens is 2. The highest BCUT2D eigenvalue weighted by atomic mass is 16.6. The Hall–Kier alpha value is -2.63. The number of hydrogen-bond acceptors (Lipinski definition) is 5. The minimum absolute atomic E-state index is 0.133. The molecule has 0 unspecified atom stereocenters. The van der Waals surface area contributed by atoms with Crippen molar-refractivity contribution in [2.24, 2.45) is 0 Å². The Bertz CT molecular complexity index is 733. The van der Waals surface area contributed by atoms with Gasteiger partial charge in [-0.05, 0) is 32.8 Å². The third-order valence-electron chi connectivity index (χ3n) is 3.18. The van der Waals surface area contributed by atoms with E-state index in [1.807, 2.05) is 30.3 Å². The second-order valence-corrected chi connectivity index (χ2v) is 6.46. The lowest BCUT2D eigenvalue weighted by atomic mass is 10.1. The largest absolute Gasteiger partial charge is 0.459 e. The summed E-state index contributed by atoms with van der Waals surface area (Å²) < 4.78 is 6.53. The first kappa shape index (κ1) is 17.7. The number of ether oxygens (including phenoxy) is 1. The van der Waals surface area contributed by atoms with Crippen molar-refractivity contribution in [1.29, 1.82) is 0 Å². The zero-order valence-corrected chi connectivity index (χ0v) is 14.3. The monoisotopic (exact) mass is 329 g/mol. The van der Waals surface area contributed by atoms with Crippen molar-refractivity contribution in [3.05, 3.63) is 58.6 Å². The Morgan fingerprint density at radius 3 is 2.62 bits per heavy atom. The molecule has 0 saturated heterocycles. The molecule has 0 fully saturated rings. The van der Waals surface area contributed by atoms with Gasteiger partial charge in [0, 0.05) is 18.9 Å². The lowest BCUT2D eigenvalue weighted by Gasteiger charge is -2.19. The molecule has 1 aromatic carbocycles. The number of anilines is 1. The van der Waals surface area contributed by atoms with Gasteiger partial charge in [0.2, 0.25) is 0 Å². The van der Waals surface area contributed by atoms with Crippen LogP contribution in [0, 0.1) is 0 Å². The maximum absolute atomic E-state index is 12.3. The maximum atomic E-state index is 12.3. The van der Waals surface area contributed by atoms with Gasteiger partial charge in [0.15, 0.2) is 5.82 Å². The molecular formula is C18H23N3O3. The minimum atomic E-state index is -0.579. The summed E-state index contributed by atoms with van der Waals surface area (Å²) in [5.41, 5.74) is 0.260. The van der Waals surface area contributed by atoms with Gasteiger partial charge in [0.25, 0.3) is 5.56 Å². The van der Waals surface area contributed by atoms with Crippen LogP contribution in [0.1, 0.15) is 26.3 Å². The van der Waals surface area contributed by atoms with Crippen molar-refractivity contribution in [3.8, 4) is 0 Å². The summed E-state index contributed by atoms with van der Waals surface area (Å²) in [7, 11) is 0. The number of carbonyl (C=O) groups is 1. The number of carbonyl (C=O) groups excluding carboxylic acids is 1. The maximum Gasteiger partial charge on any atom is 0.326 e. The molecule has 0 saturated carbocycles. The fourth-order valence-corrected chi connectivity index (χ4v) is 2.18. The van der Waals surface area contributed by atoms with Crippen LogP contribution in [-0.4, -0.2) is 27.7 Å². The molecule has 6 heteroatoms. The van der Waals surface area contributed by atoms with E-state index in [-0.39, 0.29) is 17.9 Å². The quantitative estimate of drug-likeness (QED) is 0.823. The lowest BCUT2D eigenvalue weighted by Crippen LogP contribution is -2.31. The van der Waals surface area contributed by atoms with E-state index in [4.69, 9.17) is 4.74 Å². The molecule has 0 aliphatic rings. The van der Waals surface area contributed by atoms with Crippen molar-refractivity contribution < 1.29 is 9.53 Å². The standard InChI is InChI=1S/C18H23N3O3/c1-18(2,3)24-15(22)13-21-12-11-20-16(17(21)23)19-10-9-14-7-5-4-6-8-14/h4-8,11-12H,9-10,13H2,1-3H3,(H,19,20). The van der Waals surface area contributed by atoms with E-state index in [1.54, 1.807) is 20.8 Å². The van der Waals surface area contributed by atoms with Crippen LogP contribution >= 0.6 is 0 Å². The fourth-order valence-electron chi connectivity index (χ4n) is 2.18. The van der Waals surface area contributed by atoms with Crippen molar-refractivity contribution in [1.82, 2.24) is 9.55 Å². The molecule has 0 radical (unpaired) electrons. The van der Waals surface area contributed by atoms with E-state index in [0.717, 1.165) is 6.42 Å². The van der Waals surface area contributed by atoms with Crippen LogP contribution in [-0.2, 0) is 22.5 Å². The zero-order valence-electron chi connectivity index (χ0n) is 14.3. The molecule has 128 valence electrons. The summed E-state index contributed by atoms with van der Waals surface area (Å²) >= 11 is 0. The van der Waals surface area contributed by atoms with Gasteiger partial charge in [-0.3, -0.25) is 14.2 Å². The summed E-state index contributed by atoms with van der Waals surface area (Å²) in [5, 5.41) is 3.03. The number of nitrogens with zero attached hydrogens (tertiary/aromatic N) is 2. The van der Waals surface area contributed by atoms with E-state index >= 15 is 0 Å². The third-order valence-corrected chi connectivity index (χ3v) is 3.18. The Kier molecular flexibility index (Phi) is 5.73. The summed E-state index contributed by atoms with van der Waals surface area (Å²) in [6.45, 7) is 5.82. The molecule has 0 amide bonds. The van der Waals surface area contributed by atoms with E-state index in [2.05, 4.69) is 10.3 Å². The predicted octanol–water partition coefficient (Wildman–Crippen LogP) is 2.24. The highest BCUT2D eigenvalue weighted by molar-refractivity contribution is 5.69.